The molecule has 166 valence electrons. The molecule has 0 spiro atoms. The predicted octanol–water partition coefficient (Wildman–Crippen LogP) is 3.29. The van der Waals surface area contributed by atoms with Crippen LogP contribution >= 0.6 is 0 Å². The maximum atomic E-state index is 12.4. The van der Waals surface area contributed by atoms with E-state index >= 15 is 0 Å². The number of rotatable bonds is 8. The fourth-order valence-corrected chi connectivity index (χ4v) is 3.01. The molecular weight excluding hydrogens is 420 g/mol. The van der Waals surface area contributed by atoms with Gasteiger partial charge < -0.3 is 9.47 Å². The van der Waals surface area contributed by atoms with Crippen molar-refractivity contribution < 1.29 is 19.1 Å². The molecule has 8 nitrogen and oxygen atoms in total. The number of ether oxygens (including phenoxy) is 2. The van der Waals surface area contributed by atoms with Crippen LogP contribution in [0, 0.1) is 0 Å². The third-order valence-corrected chi connectivity index (χ3v) is 4.66. The van der Waals surface area contributed by atoms with Gasteiger partial charge in [-0.3, -0.25) is 25.0 Å². The Bertz CT molecular complexity index is 1190. The third-order valence-electron chi connectivity index (χ3n) is 4.66. The molecule has 1 heterocycles. The number of para-hydroxylation sites is 1. The number of carbonyl (C=O) groups excluding carboxylic acids is 2. The van der Waals surface area contributed by atoms with Gasteiger partial charge in [-0.15, -0.1) is 0 Å². The summed E-state index contributed by atoms with van der Waals surface area (Å²) in [6, 6.07) is 26.1. The average molecular weight is 442 g/mol. The molecular formula is C25H22N4O4. The highest BCUT2D eigenvalue weighted by molar-refractivity contribution is 5.94. The van der Waals surface area contributed by atoms with Crippen LogP contribution in [0.2, 0.25) is 0 Å². The standard InChI is InChI=1S/C25H22N4O4/c30-24(27-28-25(31)23-15-26-18-29(23)20-9-5-2-6-10-20)17-33-22-13-11-21(12-14-22)32-16-19-7-3-1-4-8-19/h1-15,18H,16-17H2,(H,27,30)(H,28,31). The van der Waals surface area contributed by atoms with Crippen LogP contribution in [0.5, 0.6) is 11.5 Å². The maximum absolute atomic E-state index is 12.4. The first-order chi connectivity index (χ1) is 16.2. The lowest BCUT2D eigenvalue weighted by atomic mass is 10.2. The molecule has 4 rings (SSSR count). The van der Waals surface area contributed by atoms with Gasteiger partial charge in [0, 0.05) is 5.69 Å². The summed E-state index contributed by atoms with van der Waals surface area (Å²) in [5, 5.41) is 0. The molecule has 0 atom stereocenters. The normalized spacial score (nSPS) is 10.3. The minimum Gasteiger partial charge on any atom is -0.489 e. The van der Waals surface area contributed by atoms with Crippen molar-refractivity contribution in [3.05, 3.63) is 109 Å². The van der Waals surface area contributed by atoms with E-state index in [2.05, 4.69) is 15.8 Å². The van der Waals surface area contributed by atoms with Crippen molar-refractivity contribution in [3.8, 4) is 17.2 Å². The molecule has 0 saturated carbocycles. The maximum Gasteiger partial charge on any atom is 0.288 e. The molecule has 0 aliphatic carbocycles. The Morgan fingerprint density at radius 1 is 0.788 bits per heavy atom. The second-order valence-corrected chi connectivity index (χ2v) is 7.02. The van der Waals surface area contributed by atoms with Crippen molar-refractivity contribution in [2.45, 2.75) is 6.61 Å². The van der Waals surface area contributed by atoms with Crippen LogP contribution in [0.3, 0.4) is 0 Å². The highest BCUT2D eigenvalue weighted by Gasteiger charge is 2.14. The molecule has 0 aliphatic heterocycles. The molecule has 0 bridgehead atoms. The minimum atomic E-state index is -0.501. The molecule has 0 unspecified atom stereocenters. The fourth-order valence-electron chi connectivity index (χ4n) is 3.01. The second kappa shape index (κ2) is 10.6. The topological polar surface area (TPSA) is 94.5 Å². The molecule has 0 fully saturated rings. The van der Waals surface area contributed by atoms with Crippen LogP contribution < -0.4 is 20.3 Å². The number of imidazole rings is 1. The van der Waals surface area contributed by atoms with Crippen molar-refractivity contribution in [1.29, 1.82) is 0 Å². The molecule has 0 saturated heterocycles. The summed E-state index contributed by atoms with van der Waals surface area (Å²) in [5.74, 6) is 0.201. The highest BCUT2D eigenvalue weighted by Crippen LogP contribution is 2.18. The number of hydrogen-bond donors (Lipinski definition) is 2. The van der Waals surface area contributed by atoms with Crippen LogP contribution in [0.25, 0.3) is 5.69 Å². The fraction of sp³-hybridized carbons (Fsp3) is 0.0800. The zero-order valence-electron chi connectivity index (χ0n) is 17.7. The van der Waals surface area contributed by atoms with E-state index in [4.69, 9.17) is 9.47 Å². The second-order valence-electron chi connectivity index (χ2n) is 7.02. The molecule has 4 aromatic rings. The van der Waals surface area contributed by atoms with Gasteiger partial charge in [-0.2, -0.15) is 0 Å². The zero-order valence-corrected chi connectivity index (χ0v) is 17.7. The summed E-state index contributed by atoms with van der Waals surface area (Å²) in [4.78, 5) is 28.5. The van der Waals surface area contributed by atoms with E-state index in [0.29, 0.717) is 18.1 Å². The molecule has 1 aromatic heterocycles. The Kier molecular flexibility index (Phi) is 6.97. The number of amides is 2. The van der Waals surface area contributed by atoms with Crippen molar-refractivity contribution >= 4 is 11.8 Å². The van der Waals surface area contributed by atoms with Crippen molar-refractivity contribution in [2.75, 3.05) is 6.61 Å². The Morgan fingerprint density at radius 2 is 1.42 bits per heavy atom. The number of benzene rings is 3. The van der Waals surface area contributed by atoms with E-state index in [0.717, 1.165) is 11.3 Å². The van der Waals surface area contributed by atoms with E-state index in [1.54, 1.807) is 28.8 Å². The number of aromatic nitrogens is 2. The Labute approximate surface area is 190 Å². The van der Waals surface area contributed by atoms with E-state index < -0.39 is 11.8 Å². The van der Waals surface area contributed by atoms with Gasteiger partial charge in [0.25, 0.3) is 11.8 Å². The Morgan fingerprint density at radius 3 is 2.12 bits per heavy atom. The summed E-state index contributed by atoms with van der Waals surface area (Å²) in [7, 11) is 0. The summed E-state index contributed by atoms with van der Waals surface area (Å²) < 4.78 is 12.8. The van der Waals surface area contributed by atoms with Crippen molar-refractivity contribution in [1.82, 2.24) is 20.4 Å². The highest BCUT2D eigenvalue weighted by atomic mass is 16.5. The van der Waals surface area contributed by atoms with Crippen molar-refractivity contribution in [3.63, 3.8) is 0 Å². The molecule has 2 N–H and O–H groups in total. The van der Waals surface area contributed by atoms with Crippen LogP contribution in [-0.2, 0) is 11.4 Å². The zero-order chi connectivity index (χ0) is 22.9. The van der Waals surface area contributed by atoms with E-state index in [-0.39, 0.29) is 12.3 Å². The number of carbonyl (C=O) groups is 2. The molecule has 2 amide bonds. The van der Waals surface area contributed by atoms with E-state index in [9.17, 15) is 9.59 Å². The van der Waals surface area contributed by atoms with Crippen molar-refractivity contribution in [2.24, 2.45) is 0 Å². The Balaban J connectivity index is 1.22. The largest absolute Gasteiger partial charge is 0.489 e. The van der Waals surface area contributed by atoms with Crippen LogP contribution in [-0.4, -0.2) is 28.0 Å². The summed E-state index contributed by atoms with van der Waals surface area (Å²) in [6.45, 7) is 0.203. The van der Waals surface area contributed by atoms with Gasteiger partial charge in [0.15, 0.2) is 6.61 Å². The number of nitrogens with zero attached hydrogens (tertiary/aromatic N) is 2. The minimum absolute atomic E-state index is 0.261. The van der Waals surface area contributed by atoms with E-state index in [1.807, 2.05) is 60.7 Å². The Hall–Kier alpha value is -4.59. The van der Waals surface area contributed by atoms with Gasteiger partial charge in [-0.1, -0.05) is 48.5 Å². The number of nitrogens with one attached hydrogen (secondary N) is 2. The first kappa shape index (κ1) is 21.6. The molecule has 3 aromatic carbocycles. The lowest BCUT2D eigenvalue weighted by molar-refractivity contribution is -0.123. The quantitative estimate of drug-likeness (QED) is 0.409. The lowest BCUT2D eigenvalue weighted by Crippen LogP contribution is -2.44. The molecule has 33 heavy (non-hydrogen) atoms. The summed E-state index contributed by atoms with van der Waals surface area (Å²) >= 11 is 0. The van der Waals surface area contributed by atoms with E-state index in [1.165, 1.54) is 12.5 Å². The van der Waals surface area contributed by atoms with Crippen LogP contribution in [0.1, 0.15) is 16.1 Å². The lowest BCUT2D eigenvalue weighted by Gasteiger charge is -2.11. The number of hydrazine groups is 1. The van der Waals surface area contributed by atoms with Gasteiger partial charge in [0.2, 0.25) is 0 Å². The van der Waals surface area contributed by atoms with Crippen LogP contribution in [0.4, 0.5) is 0 Å². The summed E-state index contributed by atoms with van der Waals surface area (Å²) in [5.41, 5.74) is 6.86. The monoisotopic (exact) mass is 442 g/mol. The first-order valence-corrected chi connectivity index (χ1v) is 10.3. The number of hydrogen-bond acceptors (Lipinski definition) is 5. The first-order valence-electron chi connectivity index (χ1n) is 10.3. The molecule has 0 aliphatic rings. The smallest absolute Gasteiger partial charge is 0.288 e. The third kappa shape index (κ3) is 5.98. The van der Waals surface area contributed by atoms with Gasteiger partial charge in [0.05, 0.1) is 12.5 Å². The van der Waals surface area contributed by atoms with Crippen LogP contribution in [0.15, 0.2) is 97.5 Å². The van der Waals surface area contributed by atoms with Gasteiger partial charge in [0.1, 0.15) is 23.8 Å². The predicted molar refractivity (Wildman–Crippen MR) is 122 cm³/mol. The van der Waals surface area contributed by atoms with Gasteiger partial charge in [-0.25, -0.2) is 4.98 Å². The van der Waals surface area contributed by atoms with Gasteiger partial charge >= 0.3 is 0 Å². The van der Waals surface area contributed by atoms with Gasteiger partial charge in [-0.05, 0) is 42.0 Å². The SMILES string of the molecule is O=C(COc1ccc(OCc2ccccc2)cc1)NNC(=O)c1cncn1-c1ccccc1. The summed E-state index contributed by atoms with van der Waals surface area (Å²) in [6.07, 6.45) is 2.95. The molecule has 0 radical (unpaired) electrons. The average Bonchev–Trinajstić information content (AvgIpc) is 3.37. The molecule has 8 heteroatoms.